The van der Waals surface area contributed by atoms with Crippen LogP contribution in [0.5, 0.6) is 0 Å². The molecule has 1 aromatic heterocycles. The SMILES string of the molecule is NNC(=S)NN=Cc1cccc(C=NNC(=S)NN)n1. The molecule has 0 bridgehead atoms. The topological polar surface area (TPSA) is 138 Å². The lowest BCUT2D eigenvalue weighted by Gasteiger charge is -2.00. The third kappa shape index (κ3) is 6.10. The number of pyridine rings is 1. The molecule has 0 saturated heterocycles. The Hall–Kier alpha value is -2.21. The number of nitrogens with one attached hydrogen (secondary N) is 4. The van der Waals surface area contributed by atoms with Crippen molar-refractivity contribution in [3.63, 3.8) is 0 Å². The quantitative estimate of drug-likeness (QED) is 0.168. The van der Waals surface area contributed by atoms with E-state index in [1.54, 1.807) is 18.2 Å². The van der Waals surface area contributed by atoms with Gasteiger partial charge >= 0.3 is 0 Å². The molecule has 0 radical (unpaired) electrons. The Bertz CT molecular complexity index is 485. The summed E-state index contributed by atoms with van der Waals surface area (Å²) in [4.78, 5) is 4.25. The molecule has 106 valence electrons. The van der Waals surface area contributed by atoms with Crippen molar-refractivity contribution in [2.75, 3.05) is 0 Å². The molecule has 9 nitrogen and oxygen atoms in total. The number of hydrogen-bond donors (Lipinski definition) is 6. The fourth-order valence-electron chi connectivity index (χ4n) is 0.991. The Morgan fingerprint density at radius 3 is 1.85 bits per heavy atom. The maximum atomic E-state index is 5.07. The fourth-order valence-corrected chi connectivity index (χ4v) is 1.10. The van der Waals surface area contributed by atoms with Gasteiger partial charge in [0.25, 0.3) is 0 Å². The minimum Gasteiger partial charge on any atom is -0.300 e. The maximum absolute atomic E-state index is 5.07. The first-order valence-corrected chi connectivity index (χ1v) is 6.03. The second-order valence-corrected chi connectivity index (χ2v) is 3.99. The number of aromatic nitrogens is 1. The Morgan fingerprint density at radius 1 is 1.00 bits per heavy atom. The standard InChI is InChI=1S/C9H13N9S2/c10-15-8(19)17-12-4-6-2-1-3-7(14-6)5-13-18-9(20)16-11/h1-5H,10-11H2,(H2,15,17,19)(H2,16,18,20). The highest BCUT2D eigenvalue weighted by Gasteiger charge is 1.94. The van der Waals surface area contributed by atoms with E-state index in [9.17, 15) is 0 Å². The maximum Gasteiger partial charge on any atom is 0.201 e. The van der Waals surface area contributed by atoms with Gasteiger partial charge in [0.15, 0.2) is 0 Å². The summed E-state index contributed by atoms with van der Waals surface area (Å²) in [7, 11) is 0. The number of hydrazone groups is 2. The van der Waals surface area contributed by atoms with E-state index < -0.39 is 0 Å². The normalized spacial score (nSPS) is 10.5. The summed E-state index contributed by atoms with van der Waals surface area (Å²) >= 11 is 9.50. The highest BCUT2D eigenvalue weighted by molar-refractivity contribution is 7.80. The van der Waals surface area contributed by atoms with Crippen molar-refractivity contribution >= 4 is 47.1 Å². The first kappa shape index (κ1) is 15.8. The lowest BCUT2D eigenvalue weighted by atomic mass is 10.3. The number of thiocarbonyl (C=S) groups is 2. The minimum atomic E-state index is 0.200. The van der Waals surface area contributed by atoms with Gasteiger partial charge in [0.1, 0.15) is 0 Å². The number of rotatable bonds is 4. The fraction of sp³-hybridized carbons (Fsp3) is 0. The third-order valence-electron chi connectivity index (χ3n) is 1.78. The molecule has 1 rings (SSSR count). The molecule has 0 aliphatic carbocycles. The molecule has 1 aromatic rings. The average molecular weight is 311 g/mol. The highest BCUT2D eigenvalue weighted by atomic mass is 32.1. The smallest absolute Gasteiger partial charge is 0.201 e. The predicted octanol–water partition coefficient (Wildman–Crippen LogP) is -1.57. The summed E-state index contributed by atoms with van der Waals surface area (Å²) in [6.45, 7) is 0. The van der Waals surface area contributed by atoms with Gasteiger partial charge in [0, 0.05) is 0 Å². The summed E-state index contributed by atoms with van der Waals surface area (Å²) in [5.74, 6) is 10.1. The van der Waals surface area contributed by atoms with E-state index >= 15 is 0 Å². The van der Waals surface area contributed by atoms with Gasteiger partial charge in [-0.3, -0.25) is 21.7 Å². The van der Waals surface area contributed by atoms with Crippen LogP contribution in [0.15, 0.2) is 28.4 Å². The first-order valence-electron chi connectivity index (χ1n) is 5.22. The van der Waals surface area contributed by atoms with Crippen LogP contribution in [0.3, 0.4) is 0 Å². The predicted molar refractivity (Wildman–Crippen MR) is 85.5 cm³/mol. The van der Waals surface area contributed by atoms with Gasteiger partial charge < -0.3 is 0 Å². The van der Waals surface area contributed by atoms with E-state index in [0.717, 1.165) is 0 Å². The number of hydrogen-bond acceptors (Lipinski definition) is 7. The number of hydrazine groups is 2. The third-order valence-corrected chi connectivity index (χ3v) is 2.20. The molecule has 8 N–H and O–H groups in total. The van der Waals surface area contributed by atoms with Crippen LogP contribution in [-0.2, 0) is 0 Å². The van der Waals surface area contributed by atoms with Crippen LogP contribution in [0.2, 0.25) is 0 Å². The molecule has 0 spiro atoms. The van der Waals surface area contributed by atoms with Gasteiger partial charge in [-0.05, 0) is 36.6 Å². The summed E-state index contributed by atoms with van der Waals surface area (Å²) in [5, 5.41) is 8.09. The van der Waals surface area contributed by atoms with Crippen molar-refractivity contribution in [2.24, 2.45) is 21.9 Å². The van der Waals surface area contributed by atoms with Crippen molar-refractivity contribution in [3.8, 4) is 0 Å². The molecule has 0 fully saturated rings. The first-order chi connectivity index (χ1) is 9.65. The summed E-state index contributed by atoms with van der Waals surface area (Å²) in [5.41, 5.74) is 10.7. The molecule has 0 aliphatic heterocycles. The Morgan fingerprint density at radius 2 is 1.45 bits per heavy atom. The number of nitrogens with two attached hydrogens (primary N) is 2. The molecule has 0 unspecified atom stereocenters. The van der Waals surface area contributed by atoms with E-state index in [1.807, 2.05) is 0 Å². The van der Waals surface area contributed by atoms with Crippen molar-refractivity contribution in [1.82, 2.24) is 26.7 Å². The molecular weight excluding hydrogens is 298 g/mol. The van der Waals surface area contributed by atoms with Gasteiger partial charge in [-0.2, -0.15) is 10.2 Å². The van der Waals surface area contributed by atoms with Crippen LogP contribution in [0.25, 0.3) is 0 Å². The molecule has 0 atom stereocenters. The van der Waals surface area contributed by atoms with Crippen LogP contribution in [0, 0.1) is 0 Å². The zero-order valence-corrected chi connectivity index (χ0v) is 11.8. The van der Waals surface area contributed by atoms with Gasteiger partial charge in [0.05, 0.1) is 23.8 Å². The second-order valence-electron chi connectivity index (χ2n) is 3.17. The second kappa shape index (κ2) is 8.82. The average Bonchev–Trinajstić information content (AvgIpc) is 2.47. The van der Waals surface area contributed by atoms with E-state index in [2.05, 4.69) is 36.9 Å². The summed E-state index contributed by atoms with van der Waals surface area (Å²) < 4.78 is 0. The molecule has 11 heteroatoms. The van der Waals surface area contributed by atoms with Crippen molar-refractivity contribution in [1.29, 1.82) is 0 Å². The van der Waals surface area contributed by atoms with Crippen molar-refractivity contribution in [3.05, 3.63) is 29.6 Å². The lowest BCUT2D eigenvalue weighted by molar-refractivity contribution is 0.928. The molecule has 0 aromatic carbocycles. The van der Waals surface area contributed by atoms with E-state index in [-0.39, 0.29) is 10.2 Å². The van der Waals surface area contributed by atoms with Crippen LogP contribution < -0.4 is 33.4 Å². The summed E-state index contributed by atoms with van der Waals surface area (Å²) in [6, 6.07) is 5.33. The molecule has 0 amide bonds. The van der Waals surface area contributed by atoms with E-state index in [4.69, 9.17) is 36.1 Å². The van der Waals surface area contributed by atoms with Gasteiger partial charge in [-0.25, -0.2) is 16.7 Å². The van der Waals surface area contributed by atoms with E-state index in [0.29, 0.717) is 11.4 Å². The Labute approximate surface area is 125 Å². The van der Waals surface area contributed by atoms with Crippen molar-refractivity contribution in [2.45, 2.75) is 0 Å². The molecule has 1 heterocycles. The molecule has 0 aliphatic rings. The number of nitrogens with zero attached hydrogens (tertiary/aromatic N) is 3. The lowest BCUT2D eigenvalue weighted by Crippen LogP contribution is -2.37. The van der Waals surface area contributed by atoms with Crippen LogP contribution in [0.1, 0.15) is 11.4 Å². The largest absolute Gasteiger partial charge is 0.300 e. The van der Waals surface area contributed by atoms with Crippen LogP contribution in [-0.4, -0.2) is 27.6 Å². The molecule has 0 saturated carbocycles. The Kier molecular flexibility index (Phi) is 6.99. The Balaban J connectivity index is 2.61. The van der Waals surface area contributed by atoms with Gasteiger partial charge in [-0.15, -0.1) is 0 Å². The van der Waals surface area contributed by atoms with Crippen LogP contribution in [0.4, 0.5) is 0 Å². The van der Waals surface area contributed by atoms with Gasteiger partial charge in [-0.1, -0.05) is 6.07 Å². The highest BCUT2D eigenvalue weighted by Crippen LogP contribution is 1.94. The molecule has 20 heavy (non-hydrogen) atoms. The molecular formula is C9H13N9S2. The zero-order chi connectivity index (χ0) is 14.8. The monoisotopic (exact) mass is 311 g/mol. The van der Waals surface area contributed by atoms with Gasteiger partial charge in [0.2, 0.25) is 10.2 Å². The minimum absolute atomic E-state index is 0.200. The van der Waals surface area contributed by atoms with E-state index in [1.165, 1.54) is 12.4 Å². The summed E-state index contributed by atoms with van der Waals surface area (Å²) in [6.07, 6.45) is 2.97. The van der Waals surface area contributed by atoms with Crippen molar-refractivity contribution < 1.29 is 0 Å². The van der Waals surface area contributed by atoms with Crippen LogP contribution >= 0.6 is 24.4 Å². The zero-order valence-electron chi connectivity index (χ0n) is 10.2.